The van der Waals surface area contributed by atoms with E-state index in [4.69, 9.17) is 0 Å². The number of rotatable bonds is 1. The molecule has 1 aliphatic rings. The van der Waals surface area contributed by atoms with E-state index in [1.807, 2.05) is 25.1 Å². The molecule has 5 heteroatoms. The van der Waals surface area contributed by atoms with Crippen LogP contribution in [0.2, 0.25) is 0 Å². The van der Waals surface area contributed by atoms with Crippen LogP contribution in [0.25, 0.3) is 0 Å². The van der Waals surface area contributed by atoms with E-state index < -0.39 is 4.16 Å². The highest BCUT2D eigenvalue weighted by Gasteiger charge is 2.38. The van der Waals surface area contributed by atoms with Gasteiger partial charge in [-0.25, -0.2) is 4.90 Å². The van der Waals surface area contributed by atoms with E-state index in [-0.39, 0.29) is 11.1 Å². The predicted octanol–water partition coefficient (Wildman–Crippen LogP) is 2.92. The molecule has 15 heavy (non-hydrogen) atoms. The summed E-state index contributed by atoms with van der Waals surface area (Å²) < 4.78 is -0.453. The SMILES string of the molecule is Cc1cccc(N2C(=O)SC(Br)C2=O)c1. The average Bonchev–Trinajstić information content (AvgIpc) is 2.41. The first-order valence-electron chi connectivity index (χ1n) is 4.35. The average molecular weight is 286 g/mol. The second-order valence-corrected chi connectivity index (χ2v) is 5.79. The highest BCUT2D eigenvalue weighted by molar-refractivity contribution is 9.12. The van der Waals surface area contributed by atoms with Gasteiger partial charge in [0.2, 0.25) is 0 Å². The minimum Gasteiger partial charge on any atom is -0.272 e. The molecule has 78 valence electrons. The molecule has 0 spiro atoms. The van der Waals surface area contributed by atoms with Crippen molar-refractivity contribution in [3.63, 3.8) is 0 Å². The fourth-order valence-corrected chi connectivity index (χ4v) is 2.75. The number of alkyl halides is 1. The number of hydrogen-bond acceptors (Lipinski definition) is 3. The predicted molar refractivity (Wildman–Crippen MR) is 64.4 cm³/mol. The number of thioether (sulfide) groups is 1. The first kappa shape index (κ1) is 10.7. The molecule has 1 aromatic carbocycles. The van der Waals surface area contributed by atoms with Crippen LogP contribution < -0.4 is 4.90 Å². The van der Waals surface area contributed by atoms with E-state index in [0.717, 1.165) is 17.3 Å². The summed E-state index contributed by atoms with van der Waals surface area (Å²) in [5.41, 5.74) is 1.66. The Bertz CT molecular complexity index is 435. The van der Waals surface area contributed by atoms with Gasteiger partial charge >= 0.3 is 0 Å². The fourth-order valence-electron chi connectivity index (χ4n) is 1.38. The lowest BCUT2D eigenvalue weighted by Gasteiger charge is -2.13. The van der Waals surface area contributed by atoms with Crippen LogP contribution in [0.5, 0.6) is 0 Å². The van der Waals surface area contributed by atoms with Gasteiger partial charge in [0, 0.05) is 0 Å². The summed E-state index contributed by atoms with van der Waals surface area (Å²) in [5.74, 6) is -0.212. The number of aryl methyl sites for hydroxylation is 1. The fraction of sp³-hybridized carbons (Fsp3) is 0.200. The normalized spacial score (nSPS) is 21.2. The van der Waals surface area contributed by atoms with E-state index in [2.05, 4.69) is 15.9 Å². The molecule has 0 aliphatic carbocycles. The van der Waals surface area contributed by atoms with E-state index in [1.54, 1.807) is 6.07 Å². The van der Waals surface area contributed by atoms with E-state index in [0.29, 0.717) is 5.69 Å². The number of imide groups is 1. The molecule has 1 fully saturated rings. The molecule has 1 saturated heterocycles. The van der Waals surface area contributed by atoms with Crippen molar-refractivity contribution in [1.82, 2.24) is 0 Å². The van der Waals surface area contributed by atoms with Crippen molar-refractivity contribution in [3.8, 4) is 0 Å². The van der Waals surface area contributed by atoms with Gasteiger partial charge in [0.25, 0.3) is 11.1 Å². The molecule has 0 bridgehead atoms. The Hall–Kier alpha value is -0.810. The van der Waals surface area contributed by atoms with Gasteiger partial charge in [-0.15, -0.1) is 0 Å². The monoisotopic (exact) mass is 285 g/mol. The molecular weight excluding hydrogens is 278 g/mol. The van der Waals surface area contributed by atoms with Crippen LogP contribution in [0.3, 0.4) is 0 Å². The summed E-state index contributed by atoms with van der Waals surface area (Å²) in [4.78, 5) is 24.4. The number of benzene rings is 1. The Morgan fingerprint density at radius 3 is 2.67 bits per heavy atom. The van der Waals surface area contributed by atoms with Gasteiger partial charge in [0.1, 0.15) is 4.16 Å². The summed E-state index contributed by atoms with van der Waals surface area (Å²) in [6, 6.07) is 7.33. The van der Waals surface area contributed by atoms with Crippen molar-refractivity contribution in [3.05, 3.63) is 29.8 Å². The number of anilines is 1. The summed E-state index contributed by atoms with van der Waals surface area (Å²) in [6.07, 6.45) is 0. The number of hydrogen-bond donors (Lipinski definition) is 0. The van der Waals surface area contributed by atoms with Crippen LogP contribution in [-0.2, 0) is 4.79 Å². The van der Waals surface area contributed by atoms with Crippen molar-refractivity contribution in [2.24, 2.45) is 0 Å². The van der Waals surface area contributed by atoms with E-state index >= 15 is 0 Å². The summed E-state index contributed by atoms with van der Waals surface area (Å²) in [7, 11) is 0. The second kappa shape index (κ2) is 3.98. The Labute approximate surface area is 100.0 Å². The molecule has 1 unspecified atom stereocenters. The van der Waals surface area contributed by atoms with E-state index in [9.17, 15) is 9.59 Å². The Morgan fingerprint density at radius 1 is 1.40 bits per heavy atom. The Morgan fingerprint density at radius 2 is 2.13 bits per heavy atom. The quantitative estimate of drug-likeness (QED) is 0.745. The molecule has 0 N–H and O–H groups in total. The number of amides is 2. The molecule has 1 aromatic rings. The lowest BCUT2D eigenvalue weighted by atomic mass is 10.2. The maximum absolute atomic E-state index is 11.7. The highest BCUT2D eigenvalue weighted by Crippen LogP contribution is 2.34. The Kier molecular flexibility index (Phi) is 2.84. The molecule has 0 aromatic heterocycles. The molecule has 3 nitrogen and oxygen atoms in total. The lowest BCUT2D eigenvalue weighted by molar-refractivity contribution is -0.115. The molecule has 2 amide bonds. The Balaban J connectivity index is 2.39. The lowest BCUT2D eigenvalue weighted by Crippen LogP contribution is -2.29. The summed E-state index contributed by atoms with van der Waals surface area (Å²) in [5, 5.41) is -0.229. The number of halogens is 1. The number of carbonyl (C=O) groups excluding carboxylic acids is 2. The van der Waals surface area contributed by atoms with Gasteiger partial charge < -0.3 is 0 Å². The first-order valence-corrected chi connectivity index (χ1v) is 6.14. The first-order chi connectivity index (χ1) is 7.09. The van der Waals surface area contributed by atoms with Crippen molar-refractivity contribution in [2.45, 2.75) is 11.1 Å². The molecule has 0 radical (unpaired) electrons. The summed E-state index contributed by atoms with van der Waals surface area (Å²) in [6.45, 7) is 1.92. The van der Waals surface area contributed by atoms with Crippen LogP contribution >= 0.6 is 27.7 Å². The zero-order valence-electron chi connectivity index (χ0n) is 7.94. The second-order valence-electron chi connectivity index (χ2n) is 3.21. The molecule has 1 aliphatic heterocycles. The molecule has 1 atom stereocenters. The van der Waals surface area contributed by atoms with Crippen LogP contribution in [0.15, 0.2) is 24.3 Å². The van der Waals surface area contributed by atoms with Crippen molar-refractivity contribution in [1.29, 1.82) is 0 Å². The van der Waals surface area contributed by atoms with Gasteiger partial charge in [-0.2, -0.15) is 0 Å². The van der Waals surface area contributed by atoms with Gasteiger partial charge in [-0.05, 0) is 36.4 Å². The minimum atomic E-state index is -0.453. The topological polar surface area (TPSA) is 37.4 Å². The number of nitrogens with zero attached hydrogens (tertiary/aromatic N) is 1. The van der Waals surface area contributed by atoms with Crippen molar-refractivity contribution in [2.75, 3.05) is 4.90 Å². The van der Waals surface area contributed by atoms with Gasteiger partial charge in [0.15, 0.2) is 0 Å². The van der Waals surface area contributed by atoms with Crippen LogP contribution in [0.1, 0.15) is 5.56 Å². The van der Waals surface area contributed by atoms with Crippen LogP contribution in [0.4, 0.5) is 10.5 Å². The largest absolute Gasteiger partial charge is 0.294 e. The highest BCUT2D eigenvalue weighted by atomic mass is 79.9. The third-order valence-corrected chi connectivity index (χ3v) is 3.81. The smallest absolute Gasteiger partial charge is 0.272 e. The third-order valence-electron chi connectivity index (χ3n) is 2.06. The zero-order valence-corrected chi connectivity index (χ0v) is 10.3. The zero-order chi connectivity index (χ0) is 11.0. The minimum absolute atomic E-state index is 0.212. The third kappa shape index (κ3) is 1.94. The van der Waals surface area contributed by atoms with Crippen LogP contribution in [0, 0.1) is 6.92 Å². The standard InChI is InChI=1S/C10H8BrNO2S/c1-6-3-2-4-7(5-6)12-9(13)8(11)15-10(12)14/h2-5,8H,1H3. The molecule has 0 saturated carbocycles. The van der Waals surface area contributed by atoms with Gasteiger partial charge in [-0.1, -0.05) is 28.1 Å². The van der Waals surface area contributed by atoms with E-state index in [1.165, 1.54) is 4.90 Å². The molecule has 1 heterocycles. The maximum Gasteiger partial charge on any atom is 0.294 e. The maximum atomic E-state index is 11.7. The molecular formula is C10H8BrNO2S. The van der Waals surface area contributed by atoms with Crippen LogP contribution in [-0.4, -0.2) is 15.3 Å². The van der Waals surface area contributed by atoms with Gasteiger partial charge in [-0.3, -0.25) is 9.59 Å². The van der Waals surface area contributed by atoms with Gasteiger partial charge in [0.05, 0.1) is 5.69 Å². The van der Waals surface area contributed by atoms with Crippen molar-refractivity contribution < 1.29 is 9.59 Å². The summed E-state index contributed by atoms with van der Waals surface area (Å²) >= 11 is 4.14. The molecule has 2 rings (SSSR count). The number of carbonyl (C=O) groups is 2. The van der Waals surface area contributed by atoms with Crippen molar-refractivity contribution >= 4 is 44.5 Å².